The van der Waals surface area contributed by atoms with Gasteiger partial charge in [0.05, 0.1) is 0 Å². The Bertz CT molecular complexity index is 385. The molecule has 2 unspecified atom stereocenters. The van der Waals surface area contributed by atoms with Crippen LogP contribution in [-0.4, -0.2) is 5.54 Å². The van der Waals surface area contributed by atoms with E-state index in [9.17, 15) is 8.78 Å². The molecule has 2 rings (SSSR count). The molecule has 17 heavy (non-hydrogen) atoms. The Morgan fingerprint density at radius 2 is 1.94 bits per heavy atom. The third-order valence-electron chi connectivity index (χ3n) is 3.80. The van der Waals surface area contributed by atoms with E-state index >= 15 is 0 Å². The molecule has 0 bridgehead atoms. The fourth-order valence-corrected chi connectivity index (χ4v) is 2.90. The molecule has 94 valence electrons. The lowest BCUT2D eigenvalue weighted by Crippen LogP contribution is -2.39. The summed E-state index contributed by atoms with van der Waals surface area (Å²) in [5.41, 5.74) is 6.70. The summed E-state index contributed by atoms with van der Waals surface area (Å²) in [7, 11) is 0. The van der Waals surface area contributed by atoms with Gasteiger partial charge in [-0.25, -0.2) is 8.78 Å². The minimum absolute atomic E-state index is 0.277. The highest BCUT2D eigenvalue weighted by atomic mass is 19.1. The lowest BCUT2D eigenvalue weighted by molar-refractivity contribution is 0.405. The number of nitrogens with two attached hydrogens (primary N) is 1. The van der Waals surface area contributed by atoms with Crippen LogP contribution in [0.3, 0.4) is 0 Å². The van der Waals surface area contributed by atoms with Gasteiger partial charge < -0.3 is 5.73 Å². The molecule has 1 aromatic carbocycles. The maximum absolute atomic E-state index is 13.1. The molecule has 0 radical (unpaired) electrons. The molecular formula is C14H19F2N. The Labute approximate surface area is 101 Å². The number of hydrogen-bond acceptors (Lipinski definition) is 1. The molecule has 2 atom stereocenters. The van der Waals surface area contributed by atoms with E-state index in [-0.39, 0.29) is 5.54 Å². The van der Waals surface area contributed by atoms with Gasteiger partial charge in [-0.15, -0.1) is 0 Å². The van der Waals surface area contributed by atoms with Gasteiger partial charge in [0.15, 0.2) is 0 Å². The molecule has 0 saturated heterocycles. The highest BCUT2D eigenvalue weighted by Gasteiger charge is 2.34. The molecular weight excluding hydrogens is 220 g/mol. The zero-order valence-corrected chi connectivity index (χ0v) is 10.2. The van der Waals surface area contributed by atoms with Crippen molar-refractivity contribution in [1.29, 1.82) is 0 Å². The van der Waals surface area contributed by atoms with Crippen molar-refractivity contribution in [2.75, 3.05) is 0 Å². The fraction of sp³-hybridized carbons (Fsp3) is 0.571. The summed E-state index contributed by atoms with van der Waals surface area (Å²) in [5.74, 6) is -0.374. The van der Waals surface area contributed by atoms with Gasteiger partial charge in [0.1, 0.15) is 11.6 Å². The molecule has 1 fully saturated rings. The van der Waals surface area contributed by atoms with Crippen LogP contribution in [0.15, 0.2) is 18.2 Å². The van der Waals surface area contributed by atoms with Gasteiger partial charge in [0.2, 0.25) is 0 Å². The Morgan fingerprint density at radius 1 is 1.29 bits per heavy atom. The maximum Gasteiger partial charge on any atom is 0.126 e. The number of hydrogen-bond donors (Lipinski definition) is 1. The van der Waals surface area contributed by atoms with Gasteiger partial charge >= 0.3 is 0 Å². The first-order valence-corrected chi connectivity index (χ1v) is 6.24. The number of benzene rings is 1. The van der Waals surface area contributed by atoms with E-state index in [4.69, 9.17) is 5.73 Å². The second kappa shape index (κ2) is 4.73. The van der Waals surface area contributed by atoms with Crippen LogP contribution in [0.5, 0.6) is 0 Å². The lowest BCUT2D eigenvalue weighted by Gasteiger charge is -2.24. The Hall–Kier alpha value is -0.960. The van der Waals surface area contributed by atoms with E-state index in [1.165, 1.54) is 12.1 Å². The highest BCUT2D eigenvalue weighted by molar-refractivity contribution is 5.21. The molecule has 1 saturated carbocycles. The largest absolute Gasteiger partial charge is 0.325 e. The van der Waals surface area contributed by atoms with Crippen molar-refractivity contribution in [3.63, 3.8) is 0 Å². The summed E-state index contributed by atoms with van der Waals surface area (Å²) >= 11 is 0. The third kappa shape index (κ3) is 3.03. The number of rotatable bonds is 3. The summed E-state index contributed by atoms with van der Waals surface area (Å²) in [4.78, 5) is 0. The molecule has 0 amide bonds. The van der Waals surface area contributed by atoms with Gasteiger partial charge in [0, 0.05) is 11.6 Å². The normalized spacial score (nSPS) is 28.6. The molecule has 0 aromatic heterocycles. The first kappa shape index (κ1) is 12.5. The van der Waals surface area contributed by atoms with E-state index in [2.05, 4.69) is 6.92 Å². The van der Waals surface area contributed by atoms with Crippen molar-refractivity contribution < 1.29 is 8.78 Å². The molecule has 0 aliphatic heterocycles. The predicted molar refractivity (Wildman–Crippen MR) is 64.6 cm³/mol. The monoisotopic (exact) mass is 239 g/mol. The summed E-state index contributed by atoms with van der Waals surface area (Å²) in [5, 5.41) is 0. The van der Waals surface area contributed by atoms with Crippen molar-refractivity contribution in [2.45, 2.75) is 44.6 Å². The standard InChI is InChI=1S/C14H19F2N/c1-2-10-3-4-14(17,8-10)9-11-5-12(15)7-13(16)6-11/h5-7,10H,2-4,8-9,17H2,1H3. The van der Waals surface area contributed by atoms with Crippen molar-refractivity contribution in [3.8, 4) is 0 Å². The van der Waals surface area contributed by atoms with Crippen LogP contribution in [0.4, 0.5) is 8.78 Å². The zero-order valence-electron chi connectivity index (χ0n) is 10.2. The van der Waals surface area contributed by atoms with Crippen molar-refractivity contribution >= 4 is 0 Å². The molecule has 1 aliphatic rings. The van der Waals surface area contributed by atoms with Crippen LogP contribution < -0.4 is 5.73 Å². The lowest BCUT2D eigenvalue weighted by atomic mass is 9.89. The molecule has 1 aliphatic carbocycles. The van der Waals surface area contributed by atoms with Gasteiger partial charge in [-0.1, -0.05) is 13.3 Å². The van der Waals surface area contributed by atoms with E-state index in [0.29, 0.717) is 17.9 Å². The average Bonchev–Trinajstić information content (AvgIpc) is 2.58. The van der Waals surface area contributed by atoms with Crippen LogP contribution in [0, 0.1) is 17.6 Å². The summed E-state index contributed by atoms with van der Waals surface area (Å²) < 4.78 is 26.2. The van der Waals surface area contributed by atoms with Gasteiger partial charge in [-0.05, 0) is 49.3 Å². The Morgan fingerprint density at radius 3 is 2.47 bits per heavy atom. The predicted octanol–water partition coefficient (Wildman–Crippen LogP) is 3.41. The van der Waals surface area contributed by atoms with E-state index in [1.807, 2.05) is 0 Å². The van der Waals surface area contributed by atoms with Crippen molar-refractivity contribution in [2.24, 2.45) is 11.7 Å². The highest BCUT2D eigenvalue weighted by Crippen LogP contribution is 2.36. The minimum atomic E-state index is -0.520. The summed E-state index contributed by atoms with van der Waals surface area (Å²) in [6.45, 7) is 2.16. The molecule has 1 nitrogen and oxygen atoms in total. The fourth-order valence-electron chi connectivity index (χ4n) is 2.90. The molecule has 0 spiro atoms. The first-order chi connectivity index (χ1) is 8.00. The molecule has 3 heteroatoms. The quantitative estimate of drug-likeness (QED) is 0.859. The van der Waals surface area contributed by atoms with Crippen LogP contribution in [0.1, 0.15) is 38.2 Å². The van der Waals surface area contributed by atoms with Crippen LogP contribution in [0.2, 0.25) is 0 Å². The summed E-state index contributed by atoms with van der Waals surface area (Å²) in [6, 6.07) is 3.67. The molecule has 1 aromatic rings. The van der Waals surface area contributed by atoms with E-state index in [1.54, 1.807) is 0 Å². The molecule has 2 N–H and O–H groups in total. The number of halogens is 2. The average molecular weight is 239 g/mol. The van der Waals surface area contributed by atoms with Crippen molar-refractivity contribution in [1.82, 2.24) is 0 Å². The van der Waals surface area contributed by atoms with E-state index in [0.717, 1.165) is 31.7 Å². The summed E-state index contributed by atoms with van der Waals surface area (Å²) in [6.07, 6.45) is 4.74. The maximum atomic E-state index is 13.1. The van der Waals surface area contributed by atoms with Gasteiger partial charge in [-0.3, -0.25) is 0 Å². The Balaban J connectivity index is 2.10. The zero-order chi connectivity index (χ0) is 12.5. The SMILES string of the molecule is CCC1CCC(N)(Cc2cc(F)cc(F)c2)C1. The molecule has 0 heterocycles. The van der Waals surface area contributed by atoms with Crippen LogP contribution in [0.25, 0.3) is 0 Å². The minimum Gasteiger partial charge on any atom is -0.325 e. The second-order valence-corrected chi connectivity index (χ2v) is 5.33. The topological polar surface area (TPSA) is 26.0 Å². The first-order valence-electron chi connectivity index (χ1n) is 6.24. The Kier molecular flexibility index (Phi) is 3.48. The van der Waals surface area contributed by atoms with Gasteiger partial charge in [0.25, 0.3) is 0 Å². The second-order valence-electron chi connectivity index (χ2n) is 5.33. The smallest absolute Gasteiger partial charge is 0.126 e. The van der Waals surface area contributed by atoms with Crippen LogP contribution in [-0.2, 0) is 6.42 Å². The van der Waals surface area contributed by atoms with Gasteiger partial charge in [-0.2, -0.15) is 0 Å². The van der Waals surface area contributed by atoms with Crippen LogP contribution >= 0.6 is 0 Å². The van der Waals surface area contributed by atoms with E-state index < -0.39 is 11.6 Å². The van der Waals surface area contributed by atoms with Crippen molar-refractivity contribution in [3.05, 3.63) is 35.4 Å². The third-order valence-corrected chi connectivity index (χ3v) is 3.80.